The lowest BCUT2D eigenvalue weighted by Crippen LogP contribution is -2.23. The Morgan fingerprint density at radius 3 is 2.82 bits per heavy atom. The third-order valence-corrected chi connectivity index (χ3v) is 6.64. The molecular formula is C25H25N7O. The lowest BCUT2D eigenvalue weighted by molar-refractivity contribution is 0.315. The average Bonchev–Trinajstić information content (AvgIpc) is 3.50. The lowest BCUT2D eigenvalue weighted by Gasteiger charge is -2.15. The first-order valence-corrected chi connectivity index (χ1v) is 11.3. The van der Waals surface area contributed by atoms with Crippen LogP contribution in [0.1, 0.15) is 29.9 Å². The molecule has 2 atom stereocenters. The van der Waals surface area contributed by atoms with Crippen LogP contribution in [0.4, 0.5) is 0 Å². The molecule has 0 radical (unpaired) electrons. The topological polar surface area (TPSA) is 83.6 Å². The van der Waals surface area contributed by atoms with Crippen LogP contribution in [0.15, 0.2) is 65.8 Å². The number of fused-ring (bicyclic) bond motifs is 2. The molecule has 6 rings (SSSR count). The number of aryl methyl sites for hydroxylation is 1. The molecule has 0 spiro atoms. The van der Waals surface area contributed by atoms with Crippen LogP contribution in [-0.4, -0.2) is 47.0 Å². The van der Waals surface area contributed by atoms with E-state index in [2.05, 4.69) is 28.0 Å². The van der Waals surface area contributed by atoms with E-state index in [9.17, 15) is 4.79 Å². The van der Waals surface area contributed by atoms with Crippen molar-refractivity contribution in [2.45, 2.75) is 26.3 Å². The van der Waals surface area contributed by atoms with Gasteiger partial charge < -0.3 is 9.38 Å². The molecule has 1 aliphatic rings. The molecule has 1 fully saturated rings. The Hall–Kier alpha value is -3.78. The number of H-pyrrole nitrogens is 1. The molecule has 4 aromatic heterocycles. The van der Waals surface area contributed by atoms with Gasteiger partial charge in [-0.25, -0.2) is 14.5 Å². The predicted molar refractivity (Wildman–Crippen MR) is 126 cm³/mol. The second-order valence-electron chi connectivity index (χ2n) is 9.01. The number of imidazole rings is 2. The Labute approximate surface area is 190 Å². The molecule has 2 unspecified atom stereocenters. The highest BCUT2D eigenvalue weighted by atomic mass is 16.1. The fraction of sp³-hybridized carbons (Fsp3) is 0.280. The van der Waals surface area contributed by atoms with Crippen LogP contribution in [-0.2, 0) is 6.54 Å². The van der Waals surface area contributed by atoms with Gasteiger partial charge in [-0.15, -0.1) is 0 Å². The van der Waals surface area contributed by atoms with E-state index in [4.69, 9.17) is 10.1 Å². The molecule has 8 nitrogen and oxygen atoms in total. The van der Waals surface area contributed by atoms with Gasteiger partial charge >= 0.3 is 0 Å². The maximum atomic E-state index is 12.9. The fourth-order valence-corrected chi connectivity index (χ4v) is 4.93. The summed E-state index contributed by atoms with van der Waals surface area (Å²) in [6.07, 6.45) is 5.70. The van der Waals surface area contributed by atoms with Gasteiger partial charge in [0, 0.05) is 43.5 Å². The van der Waals surface area contributed by atoms with Gasteiger partial charge in [0.2, 0.25) is 0 Å². The fourth-order valence-electron chi connectivity index (χ4n) is 4.93. The van der Waals surface area contributed by atoms with Crippen LogP contribution < -0.4 is 5.56 Å². The quantitative estimate of drug-likeness (QED) is 0.465. The lowest BCUT2D eigenvalue weighted by atomic mass is 9.97. The Bertz CT molecular complexity index is 1500. The van der Waals surface area contributed by atoms with Gasteiger partial charge in [0.25, 0.3) is 5.56 Å². The zero-order valence-electron chi connectivity index (χ0n) is 18.6. The van der Waals surface area contributed by atoms with Gasteiger partial charge in [-0.05, 0) is 30.5 Å². The summed E-state index contributed by atoms with van der Waals surface area (Å²) in [5.74, 6) is 1.90. The minimum Gasteiger partial charge on any atom is -0.307 e. The molecule has 1 saturated heterocycles. The van der Waals surface area contributed by atoms with Gasteiger partial charge in [0.15, 0.2) is 11.3 Å². The van der Waals surface area contributed by atoms with Crippen molar-refractivity contribution in [3.63, 3.8) is 0 Å². The van der Waals surface area contributed by atoms with E-state index >= 15 is 0 Å². The van der Waals surface area contributed by atoms with Crippen molar-refractivity contribution in [3.8, 4) is 11.4 Å². The van der Waals surface area contributed by atoms with Gasteiger partial charge in [0.05, 0.1) is 11.9 Å². The van der Waals surface area contributed by atoms with E-state index in [0.717, 1.165) is 42.1 Å². The van der Waals surface area contributed by atoms with Crippen molar-refractivity contribution >= 4 is 11.2 Å². The summed E-state index contributed by atoms with van der Waals surface area (Å²) in [5, 5.41) is 4.87. The molecule has 5 aromatic rings. The van der Waals surface area contributed by atoms with Crippen LogP contribution in [0.2, 0.25) is 0 Å². The van der Waals surface area contributed by atoms with Gasteiger partial charge in [0.1, 0.15) is 11.5 Å². The molecule has 0 bridgehead atoms. The first-order chi connectivity index (χ1) is 16.1. The average molecular weight is 440 g/mol. The van der Waals surface area contributed by atoms with Crippen molar-refractivity contribution in [1.82, 2.24) is 33.9 Å². The predicted octanol–water partition coefficient (Wildman–Crippen LogP) is 3.28. The molecule has 8 heteroatoms. The normalized spacial score (nSPS) is 19.1. The standard InChI is InChI=1S/C25H25N7O/c1-16-7-3-4-8-19(16)24-26-11-21-25(33)28-23(29-32(21)24)20-15-30(12-17(20)2)13-18-14-31-10-6-5-9-22(31)27-18/h3-11,14,17,20H,12-13,15H2,1-2H3,(H,28,29,33). The monoisotopic (exact) mass is 439 g/mol. The number of pyridine rings is 1. The van der Waals surface area contributed by atoms with Crippen LogP contribution in [0.5, 0.6) is 0 Å². The summed E-state index contributed by atoms with van der Waals surface area (Å²) in [4.78, 5) is 27.6. The Kier molecular flexibility index (Phi) is 4.62. The highest BCUT2D eigenvalue weighted by Crippen LogP contribution is 2.31. The number of hydrogen-bond donors (Lipinski definition) is 1. The molecule has 5 heterocycles. The Morgan fingerprint density at radius 2 is 1.97 bits per heavy atom. The summed E-state index contributed by atoms with van der Waals surface area (Å²) >= 11 is 0. The van der Waals surface area contributed by atoms with E-state index in [-0.39, 0.29) is 11.5 Å². The number of nitrogens with one attached hydrogen (secondary N) is 1. The maximum Gasteiger partial charge on any atom is 0.276 e. The molecule has 1 aliphatic heterocycles. The minimum atomic E-state index is -0.154. The molecule has 166 valence electrons. The van der Waals surface area contributed by atoms with E-state index in [0.29, 0.717) is 23.1 Å². The third-order valence-electron chi connectivity index (χ3n) is 6.64. The van der Waals surface area contributed by atoms with Gasteiger partial charge in [-0.2, -0.15) is 5.10 Å². The van der Waals surface area contributed by atoms with Crippen LogP contribution in [0.3, 0.4) is 0 Å². The van der Waals surface area contributed by atoms with Crippen molar-refractivity contribution in [2.75, 3.05) is 13.1 Å². The van der Waals surface area contributed by atoms with Crippen LogP contribution in [0.25, 0.3) is 22.6 Å². The molecule has 0 amide bonds. The summed E-state index contributed by atoms with van der Waals surface area (Å²) in [5.41, 5.74) is 4.39. The second-order valence-corrected chi connectivity index (χ2v) is 9.01. The number of rotatable bonds is 4. The first kappa shape index (κ1) is 19.9. The van der Waals surface area contributed by atoms with Crippen molar-refractivity contribution in [3.05, 3.63) is 88.5 Å². The summed E-state index contributed by atoms with van der Waals surface area (Å²) in [7, 11) is 0. The van der Waals surface area contributed by atoms with E-state index < -0.39 is 0 Å². The first-order valence-electron chi connectivity index (χ1n) is 11.3. The molecular weight excluding hydrogens is 414 g/mol. The van der Waals surface area contributed by atoms with Gasteiger partial charge in [-0.1, -0.05) is 37.3 Å². The summed E-state index contributed by atoms with van der Waals surface area (Å²) in [6.45, 7) is 6.77. The van der Waals surface area contributed by atoms with Crippen LogP contribution >= 0.6 is 0 Å². The third kappa shape index (κ3) is 3.43. The zero-order chi connectivity index (χ0) is 22.5. The van der Waals surface area contributed by atoms with Crippen molar-refractivity contribution in [1.29, 1.82) is 0 Å². The largest absolute Gasteiger partial charge is 0.307 e. The number of aromatic amines is 1. The SMILES string of the molecule is Cc1ccccc1-c1ncc2c(=O)[nH]c(C3CN(Cc4cn5ccccc5n4)CC3C)nn12. The molecule has 0 saturated carbocycles. The zero-order valence-corrected chi connectivity index (χ0v) is 18.6. The number of aromatic nitrogens is 6. The molecule has 1 aromatic carbocycles. The number of nitrogens with zero attached hydrogens (tertiary/aromatic N) is 6. The van der Waals surface area contributed by atoms with Crippen molar-refractivity contribution < 1.29 is 0 Å². The highest BCUT2D eigenvalue weighted by Gasteiger charge is 2.33. The number of benzene rings is 1. The smallest absolute Gasteiger partial charge is 0.276 e. The highest BCUT2D eigenvalue weighted by molar-refractivity contribution is 5.64. The maximum absolute atomic E-state index is 12.9. The number of likely N-dealkylation sites (tertiary alicyclic amines) is 1. The van der Waals surface area contributed by atoms with E-state index in [1.807, 2.05) is 60.0 Å². The Balaban J connectivity index is 1.32. The number of hydrogen-bond acceptors (Lipinski definition) is 5. The molecule has 1 N–H and O–H groups in total. The second kappa shape index (κ2) is 7.67. The Morgan fingerprint density at radius 1 is 1.12 bits per heavy atom. The van der Waals surface area contributed by atoms with E-state index in [1.54, 1.807) is 10.7 Å². The van der Waals surface area contributed by atoms with Crippen LogP contribution in [0, 0.1) is 12.8 Å². The van der Waals surface area contributed by atoms with E-state index in [1.165, 1.54) is 0 Å². The van der Waals surface area contributed by atoms with Crippen molar-refractivity contribution in [2.24, 2.45) is 5.92 Å². The molecule has 33 heavy (non-hydrogen) atoms. The summed E-state index contributed by atoms with van der Waals surface area (Å²) < 4.78 is 3.75. The summed E-state index contributed by atoms with van der Waals surface area (Å²) in [6, 6.07) is 14.1. The molecule has 0 aliphatic carbocycles. The van der Waals surface area contributed by atoms with Gasteiger partial charge in [-0.3, -0.25) is 9.69 Å². The minimum absolute atomic E-state index is 0.131.